The van der Waals surface area contributed by atoms with Crippen molar-refractivity contribution >= 4 is 17.4 Å². The maximum absolute atomic E-state index is 11.2. The number of ether oxygens (including phenoxy) is 1. The molecule has 1 heterocycles. The molecule has 0 bridgehead atoms. The molecule has 0 aliphatic rings. The molecule has 4 nitrogen and oxygen atoms in total. The van der Waals surface area contributed by atoms with Gasteiger partial charge < -0.3 is 9.15 Å². The van der Waals surface area contributed by atoms with Gasteiger partial charge in [0.15, 0.2) is 5.58 Å². The van der Waals surface area contributed by atoms with Crippen LogP contribution in [0.25, 0.3) is 11.1 Å². The SMILES string of the molecule is COc1cc(C=O)c(C)cc1C(C)(C)c1nc2ccccc2o1. The number of benzene rings is 2. The Hall–Kier alpha value is -2.62. The Bertz CT molecular complexity index is 844. The molecule has 23 heavy (non-hydrogen) atoms. The molecule has 0 fully saturated rings. The molecule has 4 heteroatoms. The van der Waals surface area contributed by atoms with E-state index in [4.69, 9.17) is 9.15 Å². The van der Waals surface area contributed by atoms with Crippen LogP contribution in [-0.4, -0.2) is 18.4 Å². The normalized spacial score (nSPS) is 11.7. The van der Waals surface area contributed by atoms with Crippen LogP contribution in [0, 0.1) is 6.92 Å². The first kappa shape index (κ1) is 15.3. The predicted octanol–water partition coefficient (Wildman–Crippen LogP) is 4.28. The number of aryl methyl sites for hydroxylation is 1. The van der Waals surface area contributed by atoms with Crippen molar-refractivity contribution in [2.24, 2.45) is 0 Å². The zero-order valence-corrected chi connectivity index (χ0v) is 13.7. The van der Waals surface area contributed by atoms with Crippen molar-refractivity contribution in [2.75, 3.05) is 7.11 Å². The molecule has 0 radical (unpaired) electrons. The van der Waals surface area contributed by atoms with Gasteiger partial charge in [-0.25, -0.2) is 4.98 Å². The number of aromatic nitrogens is 1. The number of aldehydes is 1. The minimum atomic E-state index is -0.490. The number of carbonyl (C=O) groups is 1. The highest BCUT2D eigenvalue weighted by Crippen LogP contribution is 2.39. The lowest BCUT2D eigenvalue weighted by Gasteiger charge is -2.24. The van der Waals surface area contributed by atoms with Gasteiger partial charge in [-0.15, -0.1) is 0 Å². The molecular formula is C19H19NO3. The molecule has 118 valence electrons. The molecule has 1 aromatic heterocycles. The number of oxazole rings is 1. The molecule has 0 N–H and O–H groups in total. The van der Waals surface area contributed by atoms with E-state index in [1.807, 2.05) is 51.1 Å². The third-order valence-electron chi connectivity index (χ3n) is 4.22. The topological polar surface area (TPSA) is 52.3 Å². The van der Waals surface area contributed by atoms with Crippen LogP contribution in [0.1, 0.15) is 41.2 Å². The Morgan fingerprint density at radius 2 is 1.96 bits per heavy atom. The zero-order chi connectivity index (χ0) is 16.6. The van der Waals surface area contributed by atoms with Crippen LogP contribution in [0.5, 0.6) is 5.75 Å². The molecule has 0 atom stereocenters. The molecule has 0 saturated carbocycles. The van der Waals surface area contributed by atoms with Gasteiger partial charge in [-0.1, -0.05) is 18.2 Å². The Morgan fingerprint density at radius 1 is 1.22 bits per heavy atom. The number of nitrogens with zero attached hydrogens (tertiary/aromatic N) is 1. The molecule has 0 amide bonds. The Kier molecular flexibility index (Phi) is 3.68. The smallest absolute Gasteiger partial charge is 0.205 e. The van der Waals surface area contributed by atoms with Gasteiger partial charge in [-0.2, -0.15) is 0 Å². The summed E-state index contributed by atoms with van der Waals surface area (Å²) in [7, 11) is 1.60. The van der Waals surface area contributed by atoms with Gasteiger partial charge in [0.2, 0.25) is 5.89 Å². The van der Waals surface area contributed by atoms with Gasteiger partial charge in [-0.05, 0) is 44.5 Å². The summed E-state index contributed by atoms with van der Waals surface area (Å²) < 4.78 is 11.4. The number of hydrogen-bond donors (Lipinski definition) is 0. The van der Waals surface area contributed by atoms with E-state index in [1.54, 1.807) is 13.2 Å². The van der Waals surface area contributed by atoms with Crippen molar-refractivity contribution in [2.45, 2.75) is 26.2 Å². The molecule has 2 aromatic carbocycles. The fourth-order valence-electron chi connectivity index (χ4n) is 2.74. The largest absolute Gasteiger partial charge is 0.496 e. The Labute approximate surface area is 135 Å². The van der Waals surface area contributed by atoms with E-state index < -0.39 is 5.41 Å². The van der Waals surface area contributed by atoms with Crippen LogP contribution in [0.2, 0.25) is 0 Å². The van der Waals surface area contributed by atoms with Crippen LogP contribution in [0.15, 0.2) is 40.8 Å². The highest BCUT2D eigenvalue weighted by Gasteiger charge is 2.32. The molecule has 0 aliphatic carbocycles. The number of rotatable bonds is 4. The van der Waals surface area contributed by atoms with E-state index in [2.05, 4.69) is 4.98 Å². The van der Waals surface area contributed by atoms with E-state index in [-0.39, 0.29) is 0 Å². The molecule has 0 saturated heterocycles. The maximum atomic E-state index is 11.2. The first-order valence-corrected chi connectivity index (χ1v) is 7.47. The highest BCUT2D eigenvalue weighted by atomic mass is 16.5. The maximum Gasteiger partial charge on any atom is 0.205 e. The summed E-state index contributed by atoms with van der Waals surface area (Å²) in [5, 5.41) is 0. The van der Waals surface area contributed by atoms with Crippen molar-refractivity contribution < 1.29 is 13.9 Å². The number of fused-ring (bicyclic) bond motifs is 1. The van der Waals surface area contributed by atoms with Crippen molar-refractivity contribution in [3.63, 3.8) is 0 Å². The second-order valence-electron chi connectivity index (χ2n) is 6.14. The third-order valence-corrected chi connectivity index (χ3v) is 4.22. The highest BCUT2D eigenvalue weighted by molar-refractivity contribution is 5.79. The molecule has 0 unspecified atom stereocenters. The molecule has 3 rings (SSSR count). The number of carbonyl (C=O) groups excluding carboxylic acids is 1. The summed E-state index contributed by atoms with van der Waals surface area (Å²) >= 11 is 0. The van der Waals surface area contributed by atoms with Crippen molar-refractivity contribution in [3.8, 4) is 5.75 Å². The molecular weight excluding hydrogens is 290 g/mol. The van der Waals surface area contributed by atoms with Gasteiger partial charge in [0.05, 0.1) is 12.5 Å². The summed E-state index contributed by atoms with van der Waals surface area (Å²) in [5.74, 6) is 1.28. The van der Waals surface area contributed by atoms with E-state index in [9.17, 15) is 4.79 Å². The van der Waals surface area contributed by atoms with Gasteiger partial charge in [0, 0.05) is 11.1 Å². The molecule has 0 aliphatic heterocycles. The van der Waals surface area contributed by atoms with Crippen molar-refractivity contribution in [1.29, 1.82) is 0 Å². The summed E-state index contributed by atoms with van der Waals surface area (Å²) in [6, 6.07) is 11.4. The number of methoxy groups -OCH3 is 1. The fraction of sp³-hybridized carbons (Fsp3) is 0.263. The van der Waals surface area contributed by atoms with Crippen LogP contribution < -0.4 is 4.74 Å². The lowest BCUT2D eigenvalue weighted by molar-refractivity contribution is 0.112. The first-order chi connectivity index (χ1) is 11.0. The van der Waals surface area contributed by atoms with Gasteiger partial charge in [0.25, 0.3) is 0 Å². The average molecular weight is 309 g/mol. The third kappa shape index (κ3) is 2.50. The summed E-state index contributed by atoms with van der Waals surface area (Å²) in [5.41, 5.74) is 3.57. The second-order valence-corrected chi connectivity index (χ2v) is 6.14. The summed E-state index contributed by atoms with van der Waals surface area (Å²) in [4.78, 5) is 15.8. The van der Waals surface area contributed by atoms with Crippen LogP contribution in [0.3, 0.4) is 0 Å². The van der Waals surface area contributed by atoms with E-state index in [0.29, 0.717) is 17.2 Å². The summed E-state index contributed by atoms with van der Waals surface area (Å²) in [6.45, 7) is 5.99. The fourth-order valence-corrected chi connectivity index (χ4v) is 2.74. The van der Waals surface area contributed by atoms with Crippen LogP contribution in [0.4, 0.5) is 0 Å². The second kappa shape index (κ2) is 5.54. The Balaban J connectivity index is 2.18. The molecule has 3 aromatic rings. The first-order valence-electron chi connectivity index (χ1n) is 7.47. The van der Waals surface area contributed by atoms with Crippen molar-refractivity contribution in [1.82, 2.24) is 4.98 Å². The lowest BCUT2D eigenvalue weighted by Crippen LogP contribution is -2.21. The van der Waals surface area contributed by atoms with E-state index in [1.165, 1.54) is 0 Å². The van der Waals surface area contributed by atoms with Crippen LogP contribution in [-0.2, 0) is 5.41 Å². The predicted molar refractivity (Wildman–Crippen MR) is 89.3 cm³/mol. The average Bonchev–Trinajstić information content (AvgIpc) is 2.99. The summed E-state index contributed by atoms with van der Waals surface area (Å²) in [6.07, 6.45) is 0.841. The van der Waals surface area contributed by atoms with E-state index >= 15 is 0 Å². The van der Waals surface area contributed by atoms with Crippen LogP contribution >= 0.6 is 0 Å². The van der Waals surface area contributed by atoms with Gasteiger partial charge >= 0.3 is 0 Å². The minimum Gasteiger partial charge on any atom is -0.496 e. The van der Waals surface area contributed by atoms with Crippen molar-refractivity contribution in [3.05, 3.63) is 59.0 Å². The number of para-hydroxylation sites is 2. The Morgan fingerprint density at radius 3 is 2.61 bits per heavy atom. The minimum absolute atomic E-state index is 0.490. The monoisotopic (exact) mass is 309 g/mol. The van der Waals surface area contributed by atoms with Gasteiger partial charge in [-0.3, -0.25) is 4.79 Å². The van der Waals surface area contributed by atoms with E-state index in [0.717, 1.165) is 28.5 Å². The quantitative estimate of drug-likeness (QED) is 0.675. The zero-order valence-electron chi connectivity index (χ0n) is 13.7. The molecule has 0 spiro atoms. The van der Waals surface area contributed by atoms with Gasteiger partial charge in [0.1, 0.15) is 17.6 Å². The lowest BCUT2D eigenvalue weighted by atomic mass is 9.82. The number of hydrogen-bond acceptors (Lipinski definition) is 4. The standard InChI is InChI=1S/C19H19NO3/c1-12-9-14(17(22-4)10-13(12)11-21)19(2,3)18-20-15-7-5-6-8-16(15)23-18/h5-11H,1-4H3.